The Labute approximate surface area is 141 Å². The second-order valence-corrected chi connectivity index (χ2v) is 7.39. The average Bonchev–Trinajstić information content (AvgIpc) is 2.55. The summed E-state index contributed by atoms with van der Waals surface area (Å²) in [6.45, 7) is 5.96. The maximum Gasteiger partial charge on any atom is 0.411 e. The van der Waals surface area contributed by atoms with Gasteiger partial charge in [0.15, 0.2) is 0 Å². The van der Waals surface area contributed by atoms with Crippen molar-refractivity contribution in [3.8, 4) is 5.75 Å². The number of benzene rings is 2. The summed E-state index contributed by atoms with van der Waals surface area (Å²) in [5, 5.41) is 11.2. The smallest absolute Gasteiger partial charge is 0.411 e. The number of hydrogen-bond donors (Lipinski definition) is 0. The molecular weight excluding hydrogens is 329 g/mol. The van der Waals surface area contributed by atoms with Gasteiger partial charge in [0, 0.05) is 12.1 Å². The lowest BCUT2D eigenvalue weighted by Crippen LogP contribution is -2.18. The summed E-state index contributed by atoms with van der Waals surface area (Å²) in [5.41, 5.74) is 0.826. The third kappa shape index (κ3) is 4.02. The second kappa shape index (κ2) is 7.60. The van der Waals surface area contributed by atoms with Crippen LogP contribution in [0.25, 0.3) is 0 Å². The molecule has 0 amide bonds. The van der Waals surface area contributed by atoms with Crippen LogP contribution in [0.15, 0.2) is 48.5 Å². The van der Waals surface area contributed by atoms with Crippen LogP contribution in [0.2, 0.25) is 0 Å². The molecule has 0 aliphatic rings. The first-order valence-corrected chi connectivity index (χ1v) is 9.19. The van der Waals surface area contributed by atoms with Crippen LogP contribution in [0.3, 0.4) is 0 Å². The predicted octanol–water partition coefficient (Wildman–Crippen LogP) is 4.65. The molecule has 0 radical (unpaired) electrons. The summed E-state index contributed by atoms with van der Waals surface area (Å²) >= 11 is 0. The molecule has 24 heavy (non-hydrogen) atoms. The molecule has 0 saturated carbocycles. The van der Waals surface area contributed by atoms with E-state index in [4.69, 9.17) is 9.05 Å². The van der Waals surface area contributed by atoms with Crippen molar-refractivity contribution in [3.63, 3.8) is 0 Å². The SMILES string of the molecule is CCO[P@@](=O)(Oc1ccc([N+](=O)[O-])cc1)c1ccccc1C(C)C. The minimum Gasteiger partial charge on any atom is -0.421 e. The molecule has 1 atom stereocenters. The van der Waals surface area contributed by atoms with Gasteiger partial charge in [-0.3, -0.25) is 14.6 Å². The predicted molar refractivity (Wildman–Crippen MR) is 93.1 cm³/mol. The molecule has 128 valence electrons. The first-order valence-electron chi connectivity index (χ1n) is 7.65. The molecule has 2 aromatic rings. The van der Waals surface area contributed by atoms with Crippen LogP contribution in [-0.4, -0.2) is 11.5 Å². The third-order valence-corrected chi connectivity index (χ3v) is 5.47. The van der Waals surface area contributed by atoms with E-state index in [0.29, 0.717) is 5.30 Å². The van der Waals surface area contributed by atoms with Crippen molar-refractivity contribution in [1.82, 2.24) is 0 Å². The Morgan fingerprint density at radius 3 is 2.29 bits per heavy atom. The van der Waals surface area contributed by atoms with Gasteiger partial charge in [-0.25, -0.2) is 4.57 Å². The minimum atomic E-state index is -3.59. The molecule has 6 nitrogen and oxygen atoms in total. The van der Waals surface area contributed by atoms with Crippen molar-refractivity contribution in [2.75, 3.05) is 6.61 Å². The molecule has 7 heteroatoms. The Balaban J connectivity index is 2.41. The Morgan fingerprint density at radius 2 is 1.75 bits per heavy atom. The maximum atomic E-state index is 13.3. The zero-order valence-corrected chi connectivity index (χ0v) is 14.7. The number of nitro benzene ring substituents is 1. The van der Waals surface area contributed by atoms with Crippen LogP contribution in [0.1, 0.15) is 32.3 Å². The van der Waals surface area contributed by atoms with E-state index in [-0.39, 0.29) is 24.0 Å². The lowest BCUT2D eigenvalue weighted by molar-refractivity contribution is -0.384. The molecule has 0 aromatic heterocycles. The fourth-order valence-electron chi connectivity index (χ4n) is 2.31. The van der Waals surface area contributed by atoms with Crippen molar-refractivity contribution in [3.05, 3.63) is 64.2 Å². The molecule has 0 saturated heterocycles. The minimum absolute atomic E-state index is 0.0591. The maximum absolute atomic E-state index is 13.3. The summed E-state index contributed by atoms with van der Waals surface area (Å²) in [6, 6.07) is 12.7. The zero-order valence-electron chi connectivity index (χ0n) is 13.8. The summed E-state index contributed by atoms with van der Waals surface area (Å²) in [7, 11) is -3.59. The average molecular weight is 349 g/mol. The standard InChI is InChI=1S/C17H20NO5P/c1-4-22-24(21,17-8-6-5-7-16(17)13(2)3)23-15-11-9-14(10-12-15)18(19)20/h5-13H,4H2,1-3H3/t24-/m1/s1. The van der Waals surface area contributed by atoms with E-state index >= 15 is 0 Å². The molecule has 0 N–H and O–H groups in total. The lowest BCUT2D eigenvalue weighted by atomic mass is 10.0. The van der Waals surface area contributed by atoms with Gasteiger partial charge < -0.3 is 4.52 Å². The molecule has 2 aromatic carbocycles. The molecule has 0 aliphatic carbocycles. The van der Waals surface area contributed by atoms with Crippen LogP contribution in [-0.2, 0) is 9.09 Å². The summed E-state index contributed by atoms with van der Waals surface area (Å²) in [5.74, 6) is 0.409. The van der Waals surface area contributed by atoms with E-state index in [9.17, 15) is 14.7 Å². The number of hydrogen-bond acceptors (Lipinski definition) is 5. The molecular formula is C17H20NO5P. The molecule has 0 bridgehead atoms. The molecule has 0 heterocycles. The van der Waals surface area contributed by atoms with Gasteiger partial charge in [0.1, 0.15) is 5.75 Å². The van der Waals surface area contributed by atoms with Crippen molar-refractivity contribution in [2.45, 2.75) is 26.7 Å². The highest BCUT2D eigenvalue weighted by Gasteiger charge is 2.32. The second-order valence-electron chi connectivity index (χ2n) is 5.47. The van der Waals surface area contributed by atoms with Crippen LogP contribution >= 0.6 is 7.60 Å². The van der Waals surface area contributed by atoms with Crippen molar-refractivity contribution < 1.29 is 18.5 Å². The fourth-order valence-corrected chi connectivity index (χ4v) is 4.25. The van der Waals surface area contributed by atoms with Crippen LogP contribution < -0.4 is 9.83 Å². The van der Waals surface area contributed by atoms with E-state index in [1.165, 1.54) is 24.3 Å². The van der Waals surface area contributed by atoms with Gasteiger partial charge in [-0.1, -0.05) is 32.0 Å². The van der Waals surface area contributed by atoms with Gasteiger partial charge >= 0.3 is 7.60 Å². The molecule has 0 fully saturated rings. The third-order valence-electron chi connectivity index (χ3n) is 3.43. The van der Waals surface area contributed by atoms with Crippen LogP contribution in [0, 0.1) is 10.1 Å². The zero-order chi connectivity index (χ0) is 17.7. The van der Waals surface area contributed by atoms with Crippen molar-refractivity contribution >= 4 is 18.6 Å². The van der Waals surface area contributed by atoms with E-state index in [1.807, 2.05) is 26.0 Å². The molecule has 0 spiro atoms. The van der Waals surface area contributed by atoms with E-state index in [1.54, 1.807) is 19.1 Å². The highest BCUT2D eigenvalue weighted by molar-refractivity contribution is 7.62. The van der Waals surface area contributed by atoms with Gasteiger partial charge in [0.05, 0.1) is 16.8 Å². The number of nitrogens with zero attached hydrogens (tertiary/aromatic N) is 1. The summed E-state index contributed by atoms with van der Waals surface area (Å²) in [4.78, 5) is 10.2. The molecule has 0 unspecified atom stereocenters. The highest BCUT2D eigenvalue weighted by Crippen LogP contribution is 2.48. The number of nitro groups is 1. The Bertz CT molecular complexity index is 758. The summed E-state index contributed by atoms with van der Waals surface area (Å²) < 4.78 is 24.5. The quantitative estimate of drug-likeness (QED) is 0.413. The van der Waals surface area contributed by atoms with E-state index in [0.717, 1.165) is 5.56 Å². The summed E-state index contributed by atoms with van der Waals surface area (Å²) in [6.07, 6.45) is 0. The molecule has 0 aliphatic heterocycles. The topological polar surface area (TPSA) is 78.7 Å². The normalized spacial score (nSPS) is 13.5. The van der Waals surface area contributed by atoms with Gasteiger partial charge in [-0.2, -0.15) is 0 Å². The Morgan fingerprint density at radius 1 is 1.12 bits per heavy atom. The van der Waals surface area contributed by atoms with Gasteiger partial charge in [0.25, 0.3) is 5.69 Å². The fraction of sp³-hybridized carbons (Fsp3) is 0.294. The van der Waals surface area contributed by atoms with Gasteiger partial charge in [-0.05, 0) is 36.6 Å². The van der Waals surface area contributed by atoms with Crippen LogP contribution in [0.5, 0.6) is 5.75 Å². The first-order chi connectivity index (χ1) is 11.4. The van der Waals surface area contributed by atoms with Crippen molar-refractivity contribution in [1.29, 1.82) is 0 Å². The number of rotatable bonds is 7. The first kappa shape index (κ1) is 18.2. The largest absolute Gasteiger partial charge is 0.421 e. The lowest BCUT2D eigenvalue weighted by Gasteiger charge is -2.22. The molecule has 2 rings (SSSR count). The van der Waals surface area contributed by atoms with E-state index < -0.39 is 12.5 Å². The van der Waals surface area contributed by atoms with Gasteiger partial charge in [-0.15, -0.1) is 0 Å². The van der Waals surface area contributed by atoms with Gasteiger partial charge in [0.2, 0.25) is 0 Å². The monoisotopic (exact) mass is 349 g/mol. The highest BCUT2D eigenvalue weighted by atomic mass is 31.2. The van der Waals surface area contributed by atoms with Crippen molar-refractivity contribution in [2.24, 2.45) is 0 Å². The Hall–Kier alpha value is -2.17. The Kier molecular flexibility index (Phi) is 5.75. The van der Waals surface area contributed by atoms with E-state index in [2.05, 4.69) is 0 Å². The number of non-ortho nitro benzene ring substituents is 1. The van der Waals surface area contributed by atoms with Crippen LogP contribution in [0.4, 0.5) is 5.69 Å².